The number of para-hydroxylation sites is 1. The van der Waals surface area contributed by atoms with E-state index in [-0.39, 0.29) is 5.69 Å². The molecule has 0 spiro atoms. The zero-order valence-corrected chi connectivity index (χ0v) is 11.7. The van der Waals surface area contributed by atoms with Crippen LogP contribution in [0.2, 0.25) is 0 Å². The van der Waals surface area contributed by atoms with Crippen molar-refractivity contribution < 1.29 is 9.18 Å². The van der Waals surface area contributed by atoms with Crippen LogP contribution < -0.4 is 5.32 Å². The van der Waals surface area contributed by atoms with E-state index in [1.54, 1.807) is 6.07 Å². The van der Waals surface area contributed by atoms with E-state index < -0.39 is 15.0 Å². The molecule has 0 unspecified atom stereocenters. The Morgan fingerprint density at radius 2 is 2.00 bits per heavy atom. The summed E-state index contributed by atoms with van der Waals surface area (Å²) in [5, 5.41) is 2.35. The van der Waals surface area contributed by atoms with Gasteiger partial charge in [0.15, 0.2) is 0 Å². The molecule has 2 amide bonds. The van der Waals surface area contributed by atoms with Crippen molar-refractivity contribution in [2.24, 2.45) is 0 Å². The van der Waals surface area contributed by atoms with Crippen molar-refractivity contribution in [2.75, 3.05) is 12.4 Å². The Bertz CT molecular complexity index is 413. The summed E-state index contributed by atoms with van der Waals surface area (Å²) >= 11 is 17.2. The molecule has 0 aliphatic carbocycles. The van der Waals surface area contributed by atoms with Gasteiger partial charge in [-0.1, -0.05) is 46.9 Å². The fraction of sp³-hybridized carbons (Fsp3) is 0.222. The number of carbonyl (C=O) groups excluding carboxylic acids is 1. The predicted octanol–water partition coefficient (Wildman–Crippen LogP) is 4.27. The molecule has 0 aromatic heterocycles. The Balaban J connectivity index is 2.64. The first kappa shape index (κ1) is 14.7. The number of halogens is 4. The normalized spacial score (nSPS) is 11.1. The molecule has 94 valence electrons. The molecule has 0 radical (unpaired) electrons. The van der Waals surface area contributed by atoms with E-state index in [1.165, 1.54) is 25.2 Å². The van der Waals surface area contributed by atoms with E-state index in [2.05, 4.69) is 5.32 Å². The highest BCUT2D eigenvalue weighted by Gasteiger charge is 2.26. The lowest BCUT2D eigenvalue weighted by molar-refractivity contribution is 0.243. The summed E-state index contributed by atoms with van der Waals surface area (Å²) in [5.74, 6) is -0.534. The molecule has 0 aliphatic rings. The molecule has 1 aromatic rings. The third-order valence-corrected chi connectivity index (χ3v) is 2.91. The minimum atomic E-state index is -1.65. The Labute approximate surface area is 117 Å². The predicted molar refractivity (Wildman–Crippen MR) is 71.1 cm³/mol. The molecule has 0 bridgehead atoms. The molecule has 1 aromatic carbocycles. The molecular formula is C9H8Cl3FN2OS. The summed E-state index contributed by atoms with van der Waals surface area (Å²) in [5.41, 5.74) is 0.0641. The molecule has 0 saturated carbocycles. The van der Waals surface area contributed by atoms with Crippen molar-refractivity contribution >= 4 is 58.5 Å². The van der Waals surface area contributed by atoms with E-state index in [9.17, 15) is 9.18 Å². The van der Waals surface area contributed by atoms with Gasteiger partial charge in [-0.25, -0.2) is 9.18 Å². The second-order valence-corrected chi connectivity index (χ2v) is 7.24. The van der Waals surface area contributed by atoms with E-state index in [4.69, 9.17) is 34.8 Å². The monoisotopic (exact) mass is 316 g/mol. The van der Waals surface area contributed by atoms with Gasteiger partial charge in [-0.3, -0.25) is 4.31 Å². The summed E-state index contributed by atoms with van der Waals surface area (Å²) in [6.45, 7) is 0. The molecule has 3 nitrogen and oxygen atoms in total. The van der Waals surface area contributed by atoms with Crippen LogP contribution in [0.5, 0.6) is 0 Å². The van der Waals surface area contributed by atoms with Crippen molar-refractivity contribution in [2.45, 2.75) is 3.12 Å². The van der Waals surface area contributed by atoms with Gasteiger partial charge in [-0.2, -0.15) is 0 Å². The quantitative estimate of drug-likeness (QED) is 0.653. The van der Waals surface area contributed by atoms with Crippen molar-refractivity contribution in [3.8, 4) is 0 Å². The van der Waals surface area contributed by atoms with E-state index in [1.807, 2.05) is 0 Å². The van der Waals surface area contributed by atoms with Crippen LogP contribution in [-0.4, -0.2) is 20.5 Å². The molecular weight excluding hydrogens is 310 g/mol. The Morgan fingerprint density at radius 3 is 2.53 bits per heavy atom. The highest BCUT2D eigenvalue weighted by Crippen LogP contribution is 2.40. The minimum Gasteiger partial charge on any atom is -0.304 e. The number of urea groups is 1. The fourth-order valence-corrected chi connectivity index (χ4v) is 2.32. The molecule has 0 saturated heterocycles. The van der Waals surface area contributed by atoms with E-state index >= 15 is 0 Å². The smallest absolute Gasteiger partial charge is 0.304 e. The first-order valence-electron chi connectivity index (χ1n) is 4.34. The molecule has 0 heterocycles. The van der Waals surface area contributed by atoms with Gasteiger partial charge < -0.3 is 5.32 Å². The lowest BCUT2D eigenvalue weighted by Gasteiger charge is -2.20. The second-order valence-electron chi connectivity index (χ2n) is 2.94. The molecule has 0 aliphatic heterocycles. The van der Waals surface area contributed by atoms with E-state index in [0.717, 1.165) is 4.31 Å². The maximum Gasteiger partial charge on any atom is 0.331 e. The minimum absolute atomic E-state index is 0.0641. The lowest BCUT2D eigenvalue weighted by Crippen LogP contribution is -2.28. The molecule has 0 atom stereocenters. The summed E-state index contributed by atoms with van der Waals surface area (Å²) in [4.78, 5) is 11.6. The summed E-state index contributed by atoms with van der Waals surface area (Å²) in [7, 11) is 1.41. The highest BCUT2D eigenvalue weighted by molar-refractivity contribution is 8.03. The Kier molecular flexibility index (Phi) is 5.19. The van der Waals surface area contributed by atoms with Crippen molar-refractivity contribution in [3.63, 3.8) is 0 Å². The van der Waals surface area contributed by atoms with Gasteiger partial charge in [0, 0.05) is 19.0 Å². The highest BCUT2D eigenvalue weighted by atomic mass is 35.6. The van der Waals surface area contributed by atoms with E-state index in [0.29, 0.717) is 11.9 Å². The third kappa shape index (κ3) is 5.21. The van der Waals surface area contributed by atoms with Crippen LogP contribution in [0.3, 0.4) is 0 Å². The van der Waals surface area contributed by atoms with Gasteiger partial charge in [0.1, 0.15) is 5.82 Å². The standard InChI is InChI=1S/C9H8Cl3FN2OS/c1-15(17-9(10,11)12)8(16)14-7-5-3-2-4-6(7)13/h2-5H,1H3,(H,14,16). The lowest BCUT2D eigenvalue weighted by atomic mass is 10.3. The zero-order chi connectivity index (χ0) is 13.1. The fourth-order valence-electron chi connectivity index (χ4n) is 0.953. The largest absolute Gasteiger partial charge is 0.331 e. The number of hydrogen-bond acceptors (Lipinski definition) is 2. The maximum atomic E-state index is 13.2. The number of rotatable bonds is 2. The molecule has 1 N–H and O–H groups in total. The SMILES string of the molecule is CN(SC(Cl)(Cl)Cl)C(=O)Nc1ccccc1F. The maximum absolute atomic E-state index is 13.2. The van der Waals surface area contributed by atoms with Crippen LogP contribution >= 0.6 is 46.8 Å². The number of amides is 2. The summed E-state index contributed by atoms with van der Waals surface area (Å²) in [6, 6.07) is 5.19. The summed E-state index contributed by atoms with van der Waals surface area (Å²) < 4.78 is 12.7. The molecule has 17 heavy (non-hydrogen) atoms. The second kappa shape index (κ2) is 6.00. The van der Waals surface area contributed by atoms with Crippen LogP contribution in [0.4, 0.5) is 14.9 Å². The third-order valence-electron chi connectivity index (χ3n) is 1.64. The molecule has 0 fully saturated rings. The topological polar surface area (TPSA) is 32.3 Å². The number of anilines is 1. The first-order chi connectivity index (χ1) is 7.79. The number of nitrogens with one attached hydrogen (secondary N) is 1. The number of carbonyl (C=O) groups is 1. The molecule has 8 heteroatoms. The zero-order valence-electron chi connectivity index (χ0n) is 8.58. The van der Waals surface area contributed by atoms with Crippen LogP contribution in [-0.2, 0) is 0 Å². The Morgan fingerprint density at radius 1 is 1.41 bits per heavy atom. The molecule has 1 rings (SSSR count). The summed E-state index contributed by atoms with van der Waals surface area (Å²) in [6.07, 6.45) is 0. The van der Waals surface area contributed by atoms with Crippen LogP contribution in [0, 0.1) is 5.82 Å². The van der Waals surface area contributed by atoms with Crippen molar-refractivity contribution in [1.82, 2.24) is 4.31 Å². The van der Waals surface area contributed by atoms with Crippen LogP contribution in [0.25, 0.3) is 0 Å². The van der Waals surface area contributed by atoms with Gasteiger partial charge >= 0.3 is 6.03 Å². The Hall–Kier alpha value is -0.360. The first-order valence-corrected chi connectivity index (χ1v) is 6.25. The van der Waals surface area contributed by atoms with Gasteiger partial charge in [-0.05, 0) is 12.1 Å². The number of nitrogens with zero attached hydrogens (tertiary/aromatic N) is 1. The van der Waals surface area contributed by atoms with Crippen molar-refractivity contribution in [3.05, 3.63) is 30.1 Å². The number of alkyl halides is 3. The van der Waals surface area contributed by atoms with Gasteiger partial charge in [0.2, 0.25) is 0 Å². The average Bonchev–Trinajstić information content (AvgIpc) is 2.18. The van der Waals surface area contributed by atoms with Gasteiger partial charge in [-0.15, -0.1) is 0 Å². The van der Waals surface area contributed by atoms with Crippen LogP contribution in [0.1, 0.15) is 0 Å². The van der Waals surface area contributed by atoms with Crippen LogP contribution in [0.15, 0.2) is 24.3 Å². The van der Waals surface area contributed by atoms with Crippen molar-refractivity contribution in [1.29, 1.82) is 0 Å². The number of hydrogen-bond donors (Lipinski definition) is 1. The van der Waals surface area contributed by atoms with Gasteiger partial charge in [0.25, 0.3) is 3.12 Å². The van der Waals surface area contributed by atoms with Gasteiger partial charge in [0.05, 0.1) is 5.69 Å². The number of benzene rings is 1. The average molecular weight is 318 g/mol.